The number of rotatable bonds is 4. The van der Waals surface area contributed by atoms with E-state index in [1.807, 2.05) is 0 Å². The highest BCUT2D eigenvalue weighted by molar-refractivity contribution is 5.27. The van der Waals surface area contributed by atoms with Crippen molar-refractivity contribution in [3.8, 4) is 0 Å². The van der Waals surface area contributed by atoms with Crippen molar-refractivity contribution in [2.24, 2.45) is 0 Å². The molecule has 2 aliphatic rings. The number of fused-ring (bicyclic) bond motifs is 1. The van der Waals surface area contributed by atoms with E-state index in [1.165, 1.54) is 54.7 Å². The summed E-state index contributed by atoms with van der Waals surface area (Å²) in [5, 5.41) is 0. The third-order valence-corrected chi connectivity index (χ3v) is 5.17. The molecule has 2 heterocycles. The lowest BCUT2D eigenvalue weighted by atomic mass is 10.1. The normalized spacial score (nSPS) is 23.5. The number of ether oxygens (including phenoxy) is 1. The Hall–Kier alpha value is -0.900. The first kappa shape index (κ1) is 14.1. The van der Waals surface area contributed by atoms with E-state index in [1.54, 1.807) is 11.1 Å². The van der Waals surface area contributed by atoms with E-state index in [2.05, 4.69) is 38.4 Å². The zero-order chi connectivity index (χ0) is 14.1. The highest BCUT2D eigenvalue weighted by Gasteiger charge is 2.32. The number of hydrogen-bond donors (Lipinski definition) is 0. The van der Waals surface area contributed by atoms with Crippen LogP contribution in [0.1, 0.15) is 17.5 Å². The molecule has 1 aromatic carbocycles. The van der Waals surface area contributed by atoms with Gasteiger partial charge in [0.1, 0.15) is 26.2 Å². The topological polar surface area (TPSA) is 9.23 Å². The molecule has 0 radical (unpaired) electrons. The van der Waals surface area contributed by atoms with E-state index in [4.69, 9.17) is 4.74 Å². The molecule has 0 spiro atoms. The second-order valence-electron chi connectivity index (χ2n) is 7.18. The van der Waals surface area contributed by atoms with Gasteiger partial charge in [0, 0.05) is 17.5 Å². The van der Waals surface area contributed by atoms with Crippen molar-refractivity contribution >= 4 is 0 Å². The highest BCUT2D eigenvalue weighted by Crippen LogP contribution is 2.28. The van der Waals surface area contributed by atoms with Gasteiger partial charge in [-0.3, -0.25) is 0 Å². The quantitative estimate of drug-likeness (QED) is 0.765. The lowest BCUT2D eigenvalue weighted by Crippen LogP contribution is -2.53. The molecule has 0 saturated carbocycles. The smallest absolute Gasteiger partial charge is 0.105 e. The Morgan fingerprint density at radius 3 is 2.05 bits per heavy atom. The molecule has 3 rings (SSSR count). The molecule has 1 saturated heterocycles. The van der Waals surface area contributed by atoms with Crippen LogP contribution in [0.2, 0.25) is 0 Å². The molecule has 0 aromatic heterocycles. The highest BCUT2D eigenvalue weighted by atomic mass is 16.5. The number of benzene rings is 1. The minimum Gasteiger partial charge on any atom is -0.370 e. The fraction of sp³-hybridized carbons (Fsp3) is 0.647. The first-order valence-electron chi connectivity index (χ1n) is 7.90. The van der Waals surface area contributed by atoms with Crippen molar-refractivity contribution in [1.82, 2.24) is 0 Å². The van der Waals surface area contributed by atoms with Gasteiger partial charge in [-0.15, -0.1) is 0 Å². The largest absolute Gasteiger partial charge is 0.370 e. The van der Waals surface area contributed by atoms with Gasteiger partial charge in [-0.1, -0.05) is 24.3 Å². The Kier molecular flexibility index (Phi) is 3.85. The molecule has 1 fully saturated rings. The molecule has 1 aromatic rings. The fourth-order valence-electron chi connectivity index (χ4n) is 3.74. The van der Waals surface area contributed by atoms with Crippen LogP contribution in [0.3, 0.4) is 0 Å². The summed E-state index contributed by atoms with van der Waals surface area (Å²) in [7, 11) is 4.81. The summed E-state index contributed by atoms with van der Waals surface area (Å²) in [6.07, 6.45) is 1.32. The fourth-order valence-corrected chi connectivity index (χ4v) is 3.74. The molecule has 3 heteroatoms. The Balaban J connectivity index is 1.52. The Morgan fingerprint density at radius 1 is 0.900 bits per heavy atom. The molecule has 0 bridgehead atoms. The number of likely N-dealkylation sites (N-methyl/N-ethyl adjacent to an activating group) is 1. The van der Waals surface area contributed by atoms with E-state index < -0.39 is 0 Å². The van der Waals surface area contributed by atoms with Gasteiger partial charge in [-0.2, -0.15) is 0 Å². The summed E-state index contributed by atoms with van der Waals surface area (Å²) < 4.78 is 7.88. The first-order chi connectivity index (χ1) is 9.59. The van der Waals surface area contributed by atoms with E-state index in [0.29, 0.717) is 0 Å². The average Bonchev–Trinajstić information content (AvgIpc) is 2.75. The van der Waals surface area contributed by atoms with E-state index in [9.17, 15) is 0 Å². The lowest BCUT2D eigenvalue weighted by Gasteiger charge is -2.38. The van der Waals surface area contributed by atoms with Gasteiger partial charge in [0.05, 0.1) is 40.4 Å². The second kappa shape index (κ2) is 5.47. The zero-order valence-corrected chi connectivity index (χ0v) is 13.0. The number of nitrogens with zero attached hydrogens (tertiary/aromatic N) is 2. The molecule has 0 N–H and O–H groups in total. The Labute approximate surface area is 122 Å². The second-order valence-corrected chi connectivity index (χ2v) is 7.18. The molecule has 20 heavy (non-hydrogen) atoms. The summed E-state index contributed by atoms with van der Waals surface area (Å²) in [5.41, 5.74) is 3.11. The van der Waals surface area contributed by atoms with Crippen molar-refractivity contribution < 1.29 is 13.7 Å². The Bertz CT molecular complexity index is 441. The standard InChI is InChI=1S/C17H28N2O/c1-18(10-12-20-13-11-18)8-5-9-19(2)14-16-6-3-4-7-17(16)15-19/h3-4,6-7H,5,8-15H2,1-2H3/q+2. The van der Waals surface area contributed by atoms with Crippen LogP contribution >= 0.6 is 0 Å². The Morgan fingerprint density at radius 2 is 1.45 bits per heavy atom. The van der Waals surface area contributed by atoms with Crippen LogP contribution in [-0.4, -0.2) is 62.5 Å². The van der Waals surface area contributed by atoms with Crippen molar-refractivity contribution in [1.29, 1.82) is 0 Å². The molecule has 2 aliphatic heterocycles. The van der Waals surface area contributed by atoms with E-state index >= 15 is 0 Å². The van der Waals surface area contributed by atoms with Gasteiger partial charge in [0.15, 0.2) is 0 Å². The van der Waals surface area contributed by atoms with Crippen LogP contribution < -0.4 is 0 Å². The van der Waals surface area contributed by atoms with Gasteiger partial charge >= 0.3 is 0 Å². The third-order valence-electron chi connectivity index (χ3n) is 5.17. The van der Waals surface area contributed by atoms with Gasteiger partial charge in [0.25, 0.3) is 0 Å². The third kappa shape index (κ3) is 3.05. The number of hydrogen-bond acceptors (Lipinski definition) is 1. The summed E-state index contributed by atoms with van der Waals surface area (Å²) in [6.45, 7) is 9.26. The SMILES string of the molecule is C[N+]1(CCC[N+]2(C)Cc3ccccc3C2)CCOCC1. The molecule has 0 unspecified atom stereocenters. The molecule has 0 aliphatic carbocycles. The van der Waals surface area contributed by atoms with Crippen LogP contribution in [0.4, 0.5) is 0 Å². The van der Waals surface area contributed by atoms with Gasteiger partial charge in [-0.25, -0.2) is 0 Å². The number of quaternary nitrogens is 2. The van der Waals surface area contributed by atoms with E-state index in [0.717, 1.165) is 13.2 Å². The van der Waals surface area contributed by atoms with Crippen LogP contribution in [-0.2, 0) is 17.8 Å². The van der Waals surface area contributed by atoms with Gasteiger partial charge in [-0.05, 0) is 0 Å². The molecule has 0 atom stereocenters. The molecule has 3 nitrogen and oxygen atoms in total. The van der Waals surface area contributed by atoms with Crippen LogP contribution in [0.25, 0.3) is 0 Å². The molecule has 0 amide bonds. The van der Waals surface area contributed by atoms with Crippen molar-refractivity contribution in [3.63, 3.8) is 0 Å². The maximum absolute atomic E-state index is 5.49. The average molecular weight is 276 g/mol. The van der Waals surface area contributed by atoms with Crippen LogP contribution in [0.5, 0.6) is 0 Å². The minimum absolute atomic E-state index is 0.939. The molecular weight excluding hydrogens is 248 g/mol. The summed E-state index contributed by atoms with van der Waals surface area (Å²) in [4.78, 5) is 0. The molecular formula is C17H28N2O+2. The van der Waals surface area contributed by atoms with Crippen molar-refractivity contribution in [2.75, 3.05) is 53.5 Å². The first-order valence-corrected chi connectivity index (χ1v) is 7.90. The van der Waals surface area contributed by atoms with Crippen LogP contribution in [0.15, 0.2) is 24.3 Å². The predicted molar refractivity (Wildman–Crippen MR) is 81.1 cm³/mol. The summed E-state index contributed by atoms with van der Waals surface area (Å²) in [5.74, 6) is 0. The maximum Gasteiger partial charge on any atom is 0.105 e. The lowest BCUT2D eigenvalue weighted by molar-refractivity contribution is -0.942. The monoisotopic (exact) mass is 276 g/mol. The van der Waals surface area contributed by atoms with Crippen molar-refractivity contribution in [2.45, 2.75) is 19.5 Å². The summed E-state index contributed by atoms with van der Waals surface area (Å²) >= 11 is 0. The molecule has 110 valence electrons. The summed E-state index contributed by atoms with van der Waals surface area (Å²) in [6, 6.07) is 8.95. The van der Waals surface area contributed by atoms with E-state index in [-0.39, 0.29) is 0 Å². The van der Waals surface area contributed by atoms with Gasteiger partial charge in [0.2, 0.25) is 0 Å². The van der Waals surface area contributed by atoms with Gasteiger partial charge < -0.3 is 13.7 Å². The predicted octanol–water partition coefficient (Wildman–Crippen LogP) is 2.01. The maximum atomic E-state index is 5.49. The number of morpholine rings is 1. The zero-order valence-electron chi connectivity index (χ0n) is 13.0. The van der Waals surface area contributed by atoms with Crippen molar-refractivity contribution in [3.05, 3.63) is 35.4 Å². The van der Waals surface area contributed by atoms with Crippen LogP contribution in [0, 0.1) is 0 Å². The minimum atomic E-state index is 0.939.